The average Bonchev–Trinajstić information content (AvgIpc) is 2.23. The van der Waals surface area contributed by atoms with E-state index < -0.39 is 0 Å². The van der Waals surface area contributed by atoms with Gasteiger partial charge in [0.1, 0.15) is 0 Å². The SMILES string of the molecule is [CH2]CC(S)CCC(S)CCC(S)CCC. The minimum Gasteiger partial charge on any atom is -0.176 e. The second-order valence-corrected chi connectivity index (χ2v) is 6.38. The first-order valence-electron chi connectivity index (χ1n) is 5.93. The molecule has 0 saturated heterocycles. The molecule has 0 spiro atoms. The van der Waals surface area contributed by atoms with Crippen LogP contribution in [-0.4, -0.2) is 15.7 Å². The van der Waals surface area contributed by atoms with E-state index in [1.807, 2.05) is 0 Å². The number of rotatable bonds is 9. The molecule has 0 aromatic heterocycles. The van der Waals surface area contributed by atoms with Crippen molar-refractivity contribution in [1.82, 2.24) is 0 Å². The minimum absolute atomic E-state index is 0.446. The first-order valence-corrected chi connectivity index (χ1v) is 7.48. The number of thiol groups is 3. The molecule has 0 aliphatic heterocycles. The summed E-state index contributed by atoms with van der Waals surface area (Å²) in [6.07, 6.45) is 8.00. The highest BCUT2D eigenvalue weighted by Crippen LogP contribution is 2.20. The molecular weight excluding hydrogens is 240 g/mol. The lowest BCUT2D eigenvalue weighted by molar-refractivity contribution is 0.593. The largest absolute Gasteiger partial charge is 0.176 e. The Morgan fingerprint density at radius 1 is 0.800 bits per heavy atom. The fourth-order valence-corrected chi connectivity index (χ4v) is 2.39. The molecule has 0 N–H and O–H groups in total. The summed E-state index contributed by atoms with van der Waals surface area (Å²) in [5.74, 6) is 0. The van der Waals surface area contributed by atoms with Gasteiger partial charge in [0.2, 0.25) is 0 Å². The smallest absolute Gasteiger partial charge is 0.00176 e. The lowest BCUT2D eigenvalue weighted by Crippen LogP contribution is -2.07. The summed E-state index contributed by atoms with van der Waals surface area (Å²) in [5.41, 5.74) is 0. The van der Waals surface area contributed by atoms with Crippen LogP contribution in [0.4, 0.5) is 0 Å². The van der Waals surface area contributed by atoms with Crippen LogP contribution in [0.3, 0.4) is 0 Å². The molecule has 0 bridgehead atoms. The fraction of sp³-hybridized carbons (Fsp3) is 0.917. The topological polar surface area (TPSA) is 0 Å². The van der Waals surface area contributed by atoms with Gasteiger partial charge in [0.15, 0.2) is 0 Å². The Kier molecular flexibility index (Phi) is 10.9. The predicted molar refractivity (Wildman–Crippen MR) is 81.7 cm³/mol. The molecule has 0 aromatic carbocycles. The van der Waals surface area contributed by atoms with E-state index in [2.05, 4.69) is 51.7 Å². The highest BCUT2D eigenvalue weighted by molar-refractivity contribution is 7.81. The Balaban J connectivity index is 3.44. The molecule has 1 radical (unpaired) electrons. The van der Waals surface area contributed by atoms with Crippen LogP contribution in [0.2, 0.25) is 0 Å². The summed E-state index contributed by atoms with van der Waals surface area (Å²) in [6, 6.07) is 0. The van der Waals surface area contributed by atoms with Gasteiger partial charge in [-0.15, -0.1) is 0 Å². The van der Waals surface area contributed by atoms with Gasteiger partial charge in [-0.25, -0.2) is 0 Å². The maximum absolute atomic E-state index is 4.60. The highest BCUT2D eigenvalue weighted by Gasteiger charge is 2.09. The van der Waals surface area contributed by atoms with Gasteiger partial charge in [0.05, 0.1) is 0 Å². The van der Waals surface area contributed by atoms with Crippen LogP contribution < -0.4 is 0 Å². The van der Waals surface area contributed by atoms with Gasteiger partial charge in [-0.3, -0.25) is 0 Å². The molecule has 91 valence electrons. The lowest BCUT2D eigenvalue weighted by atomic mass is 10.1. The van der Waals surface area contributed by atoms with Gasteiger partial charge >= 0.3 is 0 Å². The highest BCUT2D eigenvalue weighted by atomic mass is 32.1. The van der Waals surface area contributed by atoms with Crippen molar-refractivity contribution in [3.63, 3.8) is 0 Å². The predicted octanol–water partition coefficient (Wildman–Crippen LogP) is 4.47. The maximum atomic E-state index is 4.60. The third-order valence-corrected chi connectivity index (χ3v) is 4.17. The Morgan fingerprint density at radius 2 is 1.20 bits per heavy atom. The van der Waals surface area contributed by atoms with Crippen molar-refractivity contribution in [3.8, 4) is 0 Å². The second-order valence-electron chi connectivity index (χ2n) is 4.19. The van der Waals surface area contributed by atoms with Crippen LogP contribution in [-0.2, 0) is 0 Å². The lowest BCUT2D eigenvalue weighted by Gasteiger charge is -2.15. The van der Waals surface area contributed by atoms with Gasteiger partial charge in [0, 0.05) is 15.7 Å². The molecule has 3 heteroatoms. The normalized spacial score (nSPS) is 17.4. The third kappa shape index (κ3) is 9.95. The Labute approximate surface area is 112 Å². The first-order chi connectivity index (χ1) is 7.10. The summed E-state index contributed by atoms with van der Waals surface area (Å²) < 4.78 is 0. The van der Waals surface area contributed by atoms with Crippen molar-refractivity contribution in [3.05, 3.63) is 6.92 Å². The zero-order chi connectivity index (χ0) is 11.7. The van der Waals surface area contributed by atoms with Crippen LogP contribution >= 0.6 is 37.9 Å². The van der Waals surface area contributed by atoms with Crippen LogP contribution in [0.25, 0.3) is 0 Å². The standard InChI is InChI=1S/C12H25S3/c1-3-5-11(14)8-9-12(15)7-6-10(13)4-2/h10-15H,2-9H2,1H3. The van der Waals surface area contributed by atoms with Gasteiger partial charge in [0.25, 0.3) is 0 Å². The summed E-state index contributed by atoms with van der Waals surface area (Å²) in [5, 5.41) is 1.52. The van der Waals surface area contributed by atoms with Crippen LogP contribution in [0.15, 0.2) is 0 Å². The van der Waals surface area contributed by atoms with Gasteiger partial charge in [-0.2, -0.15) is 37.9 Å². The molecule has 0 fully saturated rings. The van der Waals surface area contributed by atoms with E-state index in [0.717, 1.165) is 19.3 Å². The van der Waals surface area contributed by atoms with E-state index >= 15 is 0 Å². The van der Waals surface area contributed by atoms with E-state index in [1.165, 1.54) is 25.7 Å². The average molecular weight is 266 g/mol. The third-order valence-electron chi connectivity index (χ3n) is 2.62. The Morgan fingerprint density at radius 3 is 1.60 bits per heavy atom. The number of hydrogen-bond acceptors (Lipinski definition) is 3. The summed E-state index contributed by atoms with van der Waals surface area (Å²) >= 11 is 13.6. The molecule has 0 heterocycles. The van der Waals surface area contributed by atoms with Crippen molar-refractivity contribution in [1.29, 1.82) is 0 Å². The first kappa shape index (κ1) is 16.1. The van der Waals surface area contributed by atoms with E-state index in [9.17, 15) is 0 Å². The quantitative estimate of drug-likeness (QED) is 0.504. The van der Waals surface area contributed by atoms with E-state index in [0.29, 0.717) is 15.7 Å². The molecule has 0 aliphatic carbocycles. The molecule has 0 nitrogen and oxygen atoms in total. The van der Waals surface area contributed by atoms with Crippen molar-refractivity contribution in [2.24, 2.45) is 0 Å². The fourth-order valence-electron chi connectivity index (χ4n) is 1.54. The molecule has 0 aromatic rings. The van der Waals surface area contributed by atoms with Crippen molar-refractivity contribution in [2.45, 2.75) is 67.6 Å². The number of hydrogen-bond donors (Lipinski definition) is 3. The van der Waals surface area contributed by atoms with Crippen LogP contribution in [0, 0.1) is 6.92 Å². The minimum atomic E-state index is 0.446. The van der Waals surface area contributed by atoms with Crippen LogP contribution in [0.1, 0.15) is 51.9 Å². The Bertz CT molecular complexity index is 139. The monoisotopic (exact) mass is 265 g/mol. The van der Waals surface area contributed by atoms with Gasteiger partial charge < -0.3 is 0 Å². The molecule has 0 amide bonds. The summed E-state index contributed by atoms with van der Waals surface area (Å²) in [7, 11) is 0. The van der Waals surface area contributed by atoms with Crippen molar-refractivity contribution >= 4 is 37.9 Å². The molecule has 0 rings (SSSR count). The van der Waals surface area contributed by atoms with Gasteiger partial charge in [-0.1, -0.05) is 20.3 Å². The summed E-state index contributed by atoms with van der Waals surface area (Å²) in [6.45, 7) is 6.06. The van der Waals surface area contributed by atoms with Crippen molar-refractivity contribution < 1.29 is 0 Å². The van der Waals surface area contributed by atoms with Gasteiger partial charge in [-0.05, 0) is 38.5 Å². The molecule has 0 saturated carbocycles. The summed E-state index contributed by atoms with van der Waals surface area (Å²) in [4.78, 5) is 0. The van der Waals surface area contributed by atoms with E-state index in [1.54, 1.807) is 0 Å². The van der Waals surface area contributed by atoms with E-state index in [4.69, 9.17) is 0 Å². The molecular formula is C12H25S3. The zero-order valence-corrected chi connectivity index (χ0v) is 12.4. The maximum Gasteiger partial charge on any atom is 0.00176 e. The second kappa shape index (κ2) is 10.2. The van der Waals surface area contributed by atoms with Crippen LogP contribution in [0.5, 0.6) is 0 Å². The Hall–Kier alpha value is 1.05. The zero-order valence-electron chi connectivity index (χ0n) is 9.73. The van der Waals surface area contributed by atoms with Crippen molar-refractivity contribution in [2.75, 3.05) is 0 Å². The molecule has 3 unspecified atom stereocenters. The molecule has 0 aliphatic rings. The molecule has 15 heavy (non-hydrogen) atoms. The molecule has 3 atom stereocenters. The van der Waals surface area contributed by atoms with E-state index in [-0.39, 0.29) is 0 Å².